The van der Waals surface area contributed by atoms with Gasteiger partial charge in [0.15, 0.2) is 6.10 Å². The summed E-state index contributed by atoms with van der Waals surface area (Å²) < 4.78 is 10.4. The Morgan fingerprint density at radius 3 is 2.76 bits per heavy atom. The number of benzene rings is 1. The molecule has 1 aromatic carbocycles. The molecule has 1 atom stereocenters. The minimum atomic E-state index is -0.436. The molecule has 2 rings (SSSR count). The minimum Gasteiger partial charge on any atom is -0.479 e. The third-order valence-electron chi connectivity index (χ3n) is 2.67. The molecule has 0 aliphatic carbocycles. The molecule has 1 aromatic rings. The lowest BCUT2D eigenvalue weighted by molar-refractivity contribution is -0.143. The van der Waals surface area contributed by atoms with Crippen molar-refractivity contribution in [3.63, 3.8) is 0 Å². The molecule has 1 aliphatic rings. The maximum atomic E-state index is 11.2. The van der Waals surface area contributed by atoms with E-state index in [-0.39, 0.29) is 5.97 Å². The van der Waals surface area contributed by atoms with Gasteiger partial charge in [-0.15, -0.1) is 0 Å². The van der Waals surface area contributed by atoms with E-state index in [4.69, 9.17) is 9.47 Å². The minimum absolute atomic E-state index is 0.262. The molecule has 1 saturated heterocycles. The van der Waals surface area contributed by atoms with Crippen molar-refractivity contribution in [1.29, 1.82) is 0 Å². The Bertz CT molecular complexity index is 375. The SMILES string of the molecule is CCNCc1ccc(OC2CCOC2=O)cc1. The highest BCUT2D eigenvalue weighted by Crippen LogP contribution is 2.18. The zero-order valence-electron chi connectivity index (χ0n) is 9.94. The van der Waals surface area contributed by atoms with Crippen molar-refractivity contribution in [1.82, 2.24) is 5.32 Å². The lowest BCUT2D eigenvalue weighted by atomic mass is 10.2. The summed E-state index contributed by atoms with van der Waals surface area (Å²) in [5, 5.41) is 3.25. The molecule has 1 fully saturated rings. The van der Waals surface area contributed by atoms with Gasteiger partial charge in [-0.2, -0.15) is 0 Å². The lowest BCUT2D eigenvalue weighted by Crippen LogP contribution is -2.21. The summed E-state index contributed by atoms with van der Waals surface area (Å²) in [4.78, 5) is 11.2. The van der Waals surface area contributed by atoms with Crippen molar-refractivity contribution < 1.29 is 14.3 Å². The Labute approximate surface area is 101 Å². The van der Waals surface area contributed by atoms with E-state index in [2.05, 4.69) is 12.2 Å². The Morgan fingerprint density at radius 1 is 1.41 bits per heavy atom. The van der Waals surface area contributed by atoms with Crippen LogP contribution in [0, 0.1) is 0 Å². The van der Waals surface area contributed by atoms with Crippen molar-refractivity contribution in [2.45, 2.75) is 26.0 Å². The number of rotatable bonds is 5. The van der Waals surface area contributed by atoms with E-state index in [1.165, 1.54) is 5.56 Å². The Balaban J connectivity index is 1.91. The van der Waals surface area contributed by atoms with E-state index in [0.29, 0.717) is 18.8 Å². The van der Waals surface area contributed by atoms with Gasteiger partial charge in [-0.05, 0) is 24.2 Å². The largest absolute Gasteiger partial charge is 0.479 e. The van der Waals surface area contributed by atoms with Crippen LogP contribution < -0.4 is 10.1 Å². The van der Waals surface area contributed by atoms with Gasteiger partial charge in [-0.25, -0.2) is 4.79 Å². The van der Waals surface area contributed by atoms with Crippen LogP contribution in [-0.2, 0) is 16.1 Å². The summed E-state index contributed by atoms with van der Waals surface area (Å²) in [6.45, 7) is 4.33. The number of hydrogen-bond donors (Lipinski definition) is 1. The van der Waals surface area contributed by atoms with Crippen molar-refractivity contribution >= 4 is 5.97 Å². The first-order valence-electron chi connectivity index (χ1n) is 5.92. The first-order valence-corrected chi connectivity index (χ1v) is 5.92. The highest BCUT2D eigenvalue weighted by atomic mass is 16.6. The van der Waals surface area contributed by atoms with Gasteiger partial charge in [0.1, 0.15) is 5.75 Å². The fourth-order valence-electron chi connectivity index (χ4n) is 1.70. The third-order valence-corrected chi connectivity index (χ3v) is 2.67. The molecule has 4 nitrogen and oxygen atoms in total. The smallest absolute Gasteiger partial charge is 0.347 e. The van der Waals surface area contributed by atoms with Gasteiger partial charge < -0.3 is 14.8 Å². The predicted octanol–water partition coefficient (Wildman–Crippen LogP) is 1.49. The average molecular weight is 235 g/mol. The van der Waals surface area contributed by atoms with Gasteiger partial charge in [0.2, 0.25) is 0 Å². The summed E-state index contributed by atoms with van der Waals surface area (Å²) in [7, 11) is 0. The van der Waals surface area contributed by atoms with E-state index in [1.54, 1.807) is 0 Å². The van der Waals surface area contributed by atoms with Gasteiger partial charge in [0.25, 0.3) is 0 Å². The van der Waals surface area contributed by atoms with Gasteiger partial charge in [0, 0.05) is 13.0 Å². The predicted molar refractivity (Wildman–Crippen MR) is 63.8 cm³/mol. The first-order chi connectivity index (χ1) is 8.29. The highest BCUT2D eigenvalue weighted by molar-refractivity contribution is 5.76. The van der Waals surface area contributed by atoms with Crippen LogP contribution in [0.15, 0.2) is 24.3 Å². The number of carbonyl (C=O) groups is 1. The zero-order chi connectivity index (χ0) is 12.1. The molecule has 0 spiro atoms. The molecule has 92 valence electrons. The maximum absolute atomic E-state index is 11.2. The second-order valence-corrected chi connectivity index (χ2v) is 3.99. The van der Waals surface area contributed by atoms with Crippen LogP contribution in [-0.4, -0.2) is 25.2 Å². The van der Waals surface area contributed by atoms with E-state index in [1.807, 2.05) is 24.3 Å². The number of carbonyl (C=O) groups excluding carboxylic acids is 1. The lowest BCUT2D eigenvalue weighted by Gasteiger charge is -2.10. The average Bonchev–Trinajstić information content (AvgIpc) is 2.74. The molecule has 0 bridgehead atoms. The Kier molecular flexibility index (Phi) is 3.98. The van der Waals surface area contributed by atoms with Crippen LogP contribution in [0.25, 0.3) is 0 Å². The number of hydrogen-bond acceptors (Lipinski definition) is 4. The Hall–Kier alpha value is -1.55. The van der Waals surface area contributed by atoms with Crippen LogP contribution in [0.3, 0.4) is 0 Å². The van der Waals surface area contributed by atoms with Crippen LogP contribution in [0.2, 0.25) is 0 Å². The van der Waals surface area contributed by atoms with Crippen LogP contribution >= 0.6 is 0 Å². The molecule has 1 heterocycles. The van der Waals surface area contributed by atoms with Crippen LogP contribution in [0.1, 0.15) is 18.9 Å². The molecule has 4 heteroatoms. The third kappa shape index (κ3) is 3.20. The molecule has 0 radical (unpaired) electrons. The van der Waals surface area contributed by atoms with Gasteiger partial charge in [-0.1, -0.05) is 19.1 Å². The monoisotopic (exact) mass is 235 g/mol. The van der Waals surface area contributed by atoms with Crippen molar-refractivity contribution in [3.05, 3.63) is 29.8 Å². The van der Waals surface area contributed by atoms with E-state index >= 15 is 0 Å². The first kappa shape index (κ1) is 11.9. The second-order valence-electron chi connectivity index (χ2n) is 3.99. The highest BCUT2D eigenvalue weighted by Gasteiger charge is 2.28. The Morgan fingerprint density at radius 2 is 2.18 bits per heavy atom. The molecule has 0 amide bonds. The van der Waals surface area contributed by atoms with E-state index in [0.717, 1.165) is 13.1 Å². The van der Waals surface area contributed by atoms with E-state index in [9.17, 15) is 4.79 Å². The summed E-state index contributed by atoms with van der Waals surface area (Å²) in [5.41, 5.74) is 1.20. The molecule has 1 aliphatic heterocycles. The van der Waals surface area contributed by atoms with Crippen molar-refractivity contribution in [2.24, 2.45) is 0 Å². The maximum Gasteiger partial charge on any atom is 0.347 e. The fraction of sp³-hybridized carbons (Fsp3) is 0.462. The van der Waals surface area contributed by atoms with Gasteiger partial charge >= 0.3 is 5.97 Å². The molecule has 1 N–H and O–H groups in total. The summed E-state index contributed by atoms with van der Waals surface area (Å²) in [5.74, 6) is 0.454. The standard InChI is InChI=1S/C13H17NO3/c1-2-14-9-10-3-5-11(6-4-10)17-12-7-8-16-13(12)15/h3-6,12,14H,2,7-9H2,1H3. The molecular formula is C13H17NO3. The molecular weight excluding hydrogens is 218 g/mol. The van der Waals surface area contributed by atoms with Gasteiger partial charge in [-0.3, -0.25) is 0 Å². The van der Waals surface area contributed by atoms with Crippen molar-refractivity contribution in [2.75, 3.05) is 13.2 Å². The topological polar surface area (TPSA) is 47.6 Å². The van der Waals surface area contributed by atoms with Crippen LogP contribution in [0.4, 0.5) is 0 Å². The molecule has 0 aromatic heterocycles. The number of esters is 1. The number of ether oxygens (including phenoxy) is 2. The van der Waals surface area contributed by atoms with Crippen LogP contribution in [0.5, 0.6) is 5.75 Å². The molecule has 1 unspecified atom stereocenters. The van der Waals surface area contributed by atoms with Crippen molar-refractivity contribution in [3.8, 4) is 5.75 Å². The van der Waals surface area contributed by atoms with E-state index < -0.39 is 6.10 Å². The molecule has 0 saturated carbocycles. The fourth-order valence-corrected chi connectivity index (χ4v) is 1.70. The molecule has 17 heavy (non-hydrogen) atoms. The summed E-state index contributed by atoms with van der Waals surface area (Å²) >= 11 is 0. The summed E-state index contributed by atoms with van der Waals surface area (Å²) in [6, 6.07) is 7.77. The zero-order valence-corrected chi connectivity index (χ0v) is 9.94. The quantitative estimate of drug-likeness (QED) is 0.785. The number of nitrogens with one attached hydrogen (secondary N) is 1. The normalized spacial score (nSPS) is 19.1. The van der Waals surface area contributed by atoms with Gasteiger partial charge in [0.05, 0.1) is 6.61 Å². The second kappa shape index (κ2) is 5.68. The number of cyclic esters (lactones) is 1. The summed E-state index contributed by atoms with van der Waals surface area (Å²) in [6.07, 6.45) is 0.201.